The molecule has 0 aliphatic carbocycles. The lowest BCUT2D eigenvalue weighted by molar-refractivity contribution is -0.387. The lowest BCUT2D eigenvalue weighted by Gasteiger charge is -2.12. The molecule has 0 aliphatic rings. The van der Waals surface area contributed by atoms with Crippen molar-refractivity contribution in [2.75, 3.05) is 7.11 Å². The highest BCUT2D eigenvalue weighted by molar-refractivity contribution is 7.89. The molecule has 0 amide bonds. The molecule has 1 aromatic rings. The number of hydrogen-bond donors (Lipinski definition) is 1. The number of nitrogens with zero attached hydrogens (tertiary/aromatic N) is 1. The summed E-state index contributed by atoms with van der Waals surface area (Å²) in [6.45, 7) is 1.26. The van der Waals surface area contributed by atoms with Crippen molar-refractivity contribution >= 4 is 33.3 Å². The minimum absolute atomic E-state index is 0.0247. The largest absolute Gasteiger partial charge is 0.468 e. The minimum atomic E-state index is -4.26. The number of halogens is 1. The van der Waals surface area contributed by atoms with Crippen molar-refractivity contribution in [2.24, 2.45) is 0 Å². The number of nitrogens with one attached hydrogen (secondary N) is 1. The average molecular weight is 323 g/mol. The van der Waals surface area contributed by atoms with Crippen molar-refractivity contribution in [1.82, 2.24) is 4.72 Å². The first-order valence-electron chi connectivity index (χ1n) is 5.23. The molecule has 1 atom stereocenters. The molecule has 0 radical (unpaired) electrons. The first kappa shape index (κ1) is 16.3. The fourth-order valence-corrected chi connectivity index (χ4v) is 2.89. The maximum atomic E-state index is 12.0. The van der Waals surface area contributed by atoms with Gasteiger partial charge in [0.1, 0.15) is 6.04 Å². The van der Waals surface area contributed by atoms with Gasteiger partial charge in [-0.05, 0) is 19.1 Å². The van der Waals surface area contributed by atoms with E-state index in [0.717, 1.165) is 19.2 Å². The van der Waals surface area contributed by atoms with Gasteiger partial charge in [-0.25, -0.2) is 8.42 Å². The molecule has 0 aromatic heterocycles. The van der Waals surface area contributed by atoms with Crippen LogP contribution in [0.15, 0.2) is 23.1 Å². The Bertz CT molecular complexity index is 645. The number of carbonyl (C=O) groups excluding carboxylic acids is 1. The Morgan fingerprint density at radius 3 is 2.60 bits per heavy atom. The molecule has 0 saturated heterocycles. The van der Waals surface area contributed by atoms with Crippen molar-refractivity contribution in [1.29, 1.82) is 0 Å². The molecule has 10 heteroatoms. The molecule has 1 unspecified atom stereocenters. The molecule has 0 aliphatic heterocycles. The van der Waals surface area contributed by atoms with E-state index in [-0.39, 0.29) is 5.02 Å². The Hall–Kier alpha value is -1.71. The first-order chi connectivity index (χ1) is 9.19. The molecule has 1 aromatic carbocycles. The summed E-state index contributed by atoms with van der Waals surface area (Å²) in [5, 5.41) is 10.9. The van der Waals surface area contributed by atoms with Crippen molar-refractivity contribution < 1.29 is 22.9 Å². The molecule has 20 heavy (non-hydrogen) atoms. The third-order valence-electron chi connectivity index (χ3n) is 2.29. The van der Waals surface area contributed by atoms with E-state index < -0.39 is 37.5 Å². The van der Waals surface area contributed by atoms with Crippen LogP contribution < -0.4 is 4.72 Å². The lowest BCUT2D eigenvalue weighted by atomic mass is 10.3. The van der Waals surface area contributed by atoms with Crippen LogP contribution in [0.5, 0.6) is 0 Å². The van der Waals surface area contributed by atoms with Gasteiger partial charge in [0.05, 0.1) is 12.0 Å². The molecular weight excluding hydrogens is 312 g/mol. The average Bonchev–Trinajstić information content (AvgIpc) is 2.36. The number of nitro groups is 1. The van der Waals surface area contributed by atoms with Crippen molar-refractivity contribution in [2.45, 2.75) is 17.9 Å². The van der Waals surface area contributed by atoms with E-state index in [9.17, 15) is 23.3 Å². The van der Waals surface area contributed by atoms with Gasteiger partial charge in [0.2, 0.25) is 10.0 Å². The van der Waals surface area contributed by atoms with Gasteiger partial charge >= 0.3 is 5.97 Å². The van der Waals surface area contributed by atoms with E-state index >= 15 is 0 Å². The van der Waals surface area contributed by atoms with Crippen LogP contribution in [0.25, 0.3) is 0 Å². The summed E-state index contributed by atoms with van der Waals surface area (Å²) in [6.07, 6.45) is 0. The fraction of sp³-hybridized carbons (Fsp3) is 0.300. The number of carbonyl (C=O) groups is 1. The number of hydrogen-bond acceptors (Lipinski definition) is 6. The predicted molar refractivity (Wildman–Crippen MR) is 69.9 cm³/mol. The van der Waals surface area contributed by atoms with Gasteiger partial charge in [-0.1, -0.05) is 11.6 Å². The van der Waals surface area contributed by atoms with Crippen molar-refractivity contribution in [3.05, 3.63) is 33.3 Å². The van der Waals surface area contributed by atoms with E-state index in [1.54, 1.807) is 0 Å². The number of esters is 1. The quantitative estimate of drug-likeness (QED) is 0.493. The third kappa shape index (κ3) is 3.65. The van der Waals surface area contributed by atoms with Crippen molar-refractivity contribution in [3.63, 3.8) is 0 Å². The Labute approximate surface area is 119 Å². The Morgan fingerprint density at radius 2 is 2.10 bits per heavy atom. The van der Waals surface area contributed by atoms with Gasteiger partial charge in [-0.2, -0.15) is 4.72 Å². The highest BCUT2D eigenvalue weighted by atomic mass is 35.5. The minimum Gasteiger partial charge on any atom is -0.468 e. The van der Waals surface area contributed by atoms with Gasteiger partial charge in [0, 0.05) is 11.1 Å². The Morgan fingerprint density at radius 1 is 1.50 bits per heavy atom. The summed E-state index contributed by atoms with van der Waals surface area (Å²) in [4.78, 5) is 20.6. The molecule has 0 heterocycles. The van der Waals surface area contributed by atoms with E-state index in [4.69, 9.17) is 11.6 Å². The zero-order valence-corrected chi connectivity index (χ0v) is 12.1. The van der Waals surface area contributed by atoms with Crippen LogP contribution in [0, 0.1) is 10.1 Å². The predicted octanol–water partition coefficient (Wildman–Crippen LogP) is 1.09. The lowest BCUT2D eigenvalue weighted by Crippen LogP contribution is -2.39. The number of ether oxygens (including phenoxy) is 1. The van der Waals surface area contributed by atoms with Crippen molar-refractivity contribution in [3.8, 4) is 0 Å². The second kappa shape index (κ2) is 6.16. The van der Waals surface area contributed by atoms with E-state index in [0.29, 0.717) is 0 Å². The maximum absolute atomic E-state index is 12.0. The third-order valence-corrected chi connectivity index (χ3v) is 4.12. The number of sulfonamides is 1. The van der Waals surface area contributed by atoms with Crippen LogP contribution in [0.2, 0.25) is 5.02 Å². The Balaban J connectivity index is 3.23. The van der Waals surface area contributed by atoms with Crippen LogP contribution in [0.1, 0.15) is 6.92 Å². The van der Waals surface area contributed by atoms with Crippen LogP contribution in [-0.2, 0) is 19.6 Å². The summed E-state index contributed by atoms with van der Waals surface area (Å²) in [7, 11) is -3.16. The molecule has 0 spiro atoms. The zero-order valence-electron chi connectivity index (χ0n) is 10.5. The summed E-state index contributed by atoms with van der Waals surface area (Å²) in [6, 6.07) is 1.93. The first-order valence-corrected chi connectivity index (χ1v) is 7.09. The van der Waals surface area contributed by atoms with E-state index in [2.05, 4.69) is 4.74 Å². The normalized spacial score (nSPS) is 12.8. The summed E-state index contributed by atoms with van der Waals surface area (Å²) >= 11 is 5.60. The second-order valence-electron chi connectivity index (χ2n) is 3.74. The number of methoxy groups -OCH3 is 1. The van der Waals surface area contributed by atoms with Gasteiger partial charge in [-0.3, -0.25) is 14.9 Å². The molecule has 0 bridgehead atoms. The van der Waals surface area contributed by atoms with E-state index in [1.807, 2.05) is 4.72 Å². The monoisotopic (exact) mass is 322 g/mol. The summed E-state index contributed by atoms with van der Waals surface area (Å²) in [5.74, 6) is -0.815. The van der Waals surface area contributed by atoms with E-state index in [1.165, 1.54) is 13.0 Å². The highest BCUT2D eigenvalue weighted by Gasteiger charge is 2.29. The topological polar surface area (TPSA) is 116 Å². The highest BCUT2D eigenvalue weighted by Crippen LogP contribution is 2.27. The second-order valence-corrected chi connectivity index (χ2v) is 5.85. The molecule has 8 nitrogen and oxygen atoms in total. The molecule has 0 fully saturated rings. The SMILES string of the molecule is COC(=O)C(C)NS(=O)(=O)c1ccc(Cl)cc1[N+](=O)[O-]. The molecule has 0 saturated carbocycles. The van der Waals surface area contributed by atoms with Gasteiger partial charge < -0.3 is 4.74 Å². The summed E-state index contributed by atoms with van der Waals surface area (Å²) in [5.41, 5.74) is -0.679. The molecular formula is C10H11ClN2O6S. The zero-order chi connectivity index (χ0) is 15.5. The number of benzene rings is 1. The van der Waals surface area contributed by atoms with Gasteiger partial charge in [0.15, 0.2) is 4.90 Å². The molecule has 110 valence electrons. The van der Waals surface area contributed by atoms with Crippen LogP contribution >= 0.6 is 11.6 Å². The summed E-state index contributed by atoms with van der Waals surface area (Å²) < 4.78 is 30.4. The standard InChI is InChI=1S/C10H11ClN2O6S/c1-6(10(14)19-2)12-20(17,18)9-4-3-7(11)5-8(9)13(15)16/h3-6,12H,1-2H3. The van der Waals surface area contributed by atoms with Crippen LogP contribution in [0.4, 0.5) is 5.69 Å². The van der Waals surface area contributed by atoms with Gasteiger partial charge in [-0.15, -0.1) is 0 Å². The Kier molecular flexibility index (Phi) is 5.03. The molecule has 1 rings (SSSR count). The van der Waals surface area contributed by atoms with Gasteiger partial charge in [0.25, 0.3) is 5.69 Å². The smallest absolute Gasteiger partial charge is 0.323 e. The fourth-order valence-electron chi connectivity index (χ4n) is 1.38. The van der Waals surface area contributed by atoms with Crippen LogP contribution in [0.3, 0.4) is 0 Å². The number of nitro benzene ring substituents is 1. The maximum Gasteiger partial charge on any atom is 0.323 e. The molecule has 1 N–H and O–H groups in total. The number of rotatable bonds is 5. The van der Waals surface area contributed by atoms with Crippen LogP contribution in [-0.4, -0.2) is 32.5 Å².